The second-order valence-electron chi connectivity index (χ2n) is 7.41. The van der Waals surface area contributed by atoms with Gasteiger partial charge in [-0.15, -0.1) is 0 Å². The van der Waals surface area contributed by atoms with Gasteiger partial charge in [0.1, 0.15) is 23.7 Å². The molecule has 0 saturated heterocycles. The minimum Gasteiger partial charge on any atom is -0.497 e. The van der Waals surface area contributed by atoms with E-state index >= 15 is 0 Å². The first-order valence-corrected chi connectivity index (χ1v) is 10.2. The number of esters is 1. The molecule has 3 aromatic rings. The van der Waals surface area contributed by atoms with Crippen LogP contribution in [-0.4, -0.2) is 46.2 Å². The molecule has 1 atom stereocenters. The molecule has 0 radical (unpaired) electrons. The van der Waals surface area contributed by atoms with Gasteiger partial charge in [-0.3, -0.25) is 19.9 Å². The van der Waals surface area contributed by atoms with E-state index in [1.807, 2.05) is 12.1 Å². The lowest BCUT2D eigenvalue weighted by molar-refractivity contribution is -0.385. The van der Waals surface area contributed by atoms with Gasteiger partial charge in [-0.25, -0.2) is 9.80 Å². The molecule has 1 aromatic carbocycles. The lowest BCUT2D eigenvalue weighted by Gasteiger charge is -2.19. The molecule has 4 rings (SSSR count). The second-order valence-corrected chi connectivity index (χ2v) is 7.41. The third-order valence-electron chi connectivity index (χ3n) is 5.29. The van der Waals surface area contributed by atoms with Gasteiger partial charge in [-0.2, -0.15) is 5.10 Å². The first kappa shape index (κ1) is 22.6. The zero-order valence-electron chi connectivity index (χ0n) is 18.3. The number of rotatable bonds is 7. The van der Waals surface area contributed by atoms with Crippen LogP contribution < -0.4 is 4.74 Å². The number of hydrazone groups is 1. The third-order valence-corrected chi connectivity index (χ3v) is 5.29. The van der Waals surface area contributed by atoms with Gasteiger partial charge in [0.05, 0.1) is 35.3 Å². The Morgan fingerprint density at radius 3 is 2.68 bits per heavy atom. The number of nitrogens with zero attached hydrogens (tertiary/aromatic N) is 4. The molecular weight excluding hydrogens is 444 g/mol. The Morgan fingerprint density at radius 1 is 1.26 bits per heavy atom. The highest BCUT2D eigenvalue weighted by atomic mass is 16.6. The molecule has 1 aliphatic rings. The van der Waals surface area contributed by atoms with Crippen LogP contribution in [0.5, 0.6) is 5.75 Å². The molecule has 0 N–H and O–H groups in total. The number of benzene rings is 1. The Morgan fingerprint density at radius 2 is 2.03 bits per heavy atom. The van der Waals surface area contributed by atoms with E-state index in [1.165, 1.54) is 18.2 Å². The number of hydrogen-bond donors (Lipinski definition) is 0. The van der Waals surface area contributed by atoms with Crippen molar-refractivity contribution in [2.75, 3.05) is 13.7 Å². The van der Waals surface area contributed by atoms with Gasteiger partial charge < -0.3 is 13.9 Å². The van der Waals surface area contributed by atoms with Crippen molar-refractivity contribution in [1.29, 1.82) is 0 Å². The van der Waals surface area contributed by atoms with Crippen LogP contribution >= 0.6 is 0 Å². The summed E-state index contributed by atoms with van der Waals surface area (Å²) < 4.78 is 15.8. The number of carbonyl (C=O) groups excluding carboxylic acids is 2. The summed E-state index contributed by atoms with van der Waals surface area (Å²) in [5.74, 6) is -0.245. The topological polar surface area (TPSA) is 137 Å². The molecule has 3 heterocycles. The lowest BCUT2D eigenvalue weighted by Crippen LogP contribution is -2.31. The van der Waals surface area contributed by atoms with Gasteiger partial charge in [0, 0.05) is 12.5 Å². The molecule has 174 valence electrons. The fraction of sp³-hybridized carbons (Fsp3) is 0.217. The number of amides is 1. The van der Waals surface area contributed by atoms with Gasteiger partial charge in [0.25, 0.3) is 11.6 Å². The monoisotopic (exact) mass is 464 g/mol. The molecule has 0 aliphatic carbocycles. The number of carbonyl (C=O) groups is 2. The summed E-state index contributed by atoms with van der Waals surface area (Å²) in [5.41, 5.74) is 1.27. The Hall–Kier alpha value is -4.54. The van der Waals surface area contributed by atoms with E-state index in [9.17, 15) is 19.7 Å². The second kappa shape index (κ2) is 9.53. The van der Waals surface area contributed by atoms with Crippen molar-refractivity contribution >= 4 is 23.3 Å². The van der Waals surface area contributed by atoms with E-state index in [1.54, 1.807) is 31.4 Å². The van der Waals surface area contributed by atoms with Crippen molar-refractivity contribution in [1.82, 2.24) is 9.99 Å². The standard InChI is InChI=1S/C23H20N4O7/c1-14-18(10-16(12-24-14)27(30)31)23(29)34-13-22(28)26-20(21-4-3-9-33-21)11-19(25-26)15-5-7-17(32-2)8-6-15/h3-10,12,20H,11,13H2,1-2H3/t20-/m0/s1. The molecule has 1 aliphatic heterocycles. The number of aryl methyl sites for hydroxylation is 1. The summed E-state index contributed by atoms with van der Waals surface area (Å²) in [6.45, 7) is 0.901. The number of nitro groups is 1. The van der Waals surface area contributed by atoms with Crippen molar-refractivity contribution < 1.29 is 28.4 Å². The highest BCUT2D eigenvalue weighted by Crippen LogP contribution is 2.33. The smallest absolute Gasteiger partial charge is 0.340 e. The van der Waals surface area contributed by atoms with Crippen LogP contribution in [0, 0.1) is 17.0 Å². The maximum Gasteiger partial charge on any atom is 0.340 e. The van der Waals surface area contributed by atoms with Crippen LogP contribution in [0.1, 0.15) is 39.8 Å². The number of methoxy groups -OCH3 is 1. The maximum absolute atomic E-state index is 13.0. The number of hydrogen-bond acceptors (Lipinski definition) is 9. The quantitative estimate of drug-likeness (QED) is 0.295. The van der Waals surface area contributed by atoms with E-state index in [-0.39, 0.29) is 16.9 Å². The zero-order chi connectivity index (χ0) is 24.2. The largest absolute Gasteiger partial charge is 0.497 e. The average molecular weight is 464 g/mol. The highest BCUT2D eigenvalue weighted by Gasteiger charge is 2.35. The SMILES string of the molecule is COc1ccc(C2=NN(C(=O)COC(=O)c3cc([N+](=O)[O-])cnc3C)[C@H](c3ccco3)C2)cc1. The fourth-order valence-corrected chi connectivity index (χ4v) is 3.50. The summed E-state index contributed by atoms with van der Waals surface area (Å²) in [6.07, 6.45) is 2.94. The summed E-state index contributed by atoms with van der Waals surface area (Å²) in [7, 11) is 1.57. The van der Waals surface area contributed by atoms with Gasteiger partial charge in [-0.1, -0.05) is 0 Å². The first-order valence-electron chi connectivity index (χ1n) is 10.2. The number of pyridine rings is 1. The van der Waals surface area contributed by atoms with E-state index in [2.05, 4.69) is 10.1 Å². The molecule has 0 spiro atoms. The predicted octanol–water partition coefficient (Wildman–Crippen LogP) is 3.43. The van der Waals surface area contributed by atoms with Gasteiger partial charge in [0.15, 0.2) is 6.61 Å². The fourth-order valence-electron chi connectivity index (χ4n) is 3.50. The Balaban J connectivity index is 1.52. The minimum atomic E-state index is -0.893. The van der Waals surface area contributed by atoms with Gasteiger partial charge >= 0.3 is 5.97 Å². The Labute approximate surface area is 193 Å². The van der Waals surface area contributed by atoms with Crippen molar-refractivity contribution in [2.24, 2.45) is 5.10 Å². The zero-order valence-corrected chi connectivity index (χ0v) is 18.3. The summed E-state index contributed by atoms with van der Waals surface area (Å²) >= 11 is 0. The van der Waals surface area contributed by atoms with Crippen LogP contribution in [-0.2, 0) is 9.53 Å². The number of aromatic nitrogens is 1. The number of ether oxygens (including phenoxy) is 2. The van der Waals surface area contributed by atoms with Crippen LogP contribution in [0.15, 0.2) is 64.4 Å². The van der Waals surface area contributed by atoms with E-state index in [0.717, 1.165) is 17.8 Å². The highest BCUT2D eigenvalue weighted by molar-refractivity contribution is 6.03. The van der Waals surface area contributed by atoms with Crippen molar-refractivity contribution in [3.05, 3.63) is 87.6 Å². The Kier molecular flexibility index (Phi) is 6.35. The molecule has 2 aromatic heterocycles. The minimum absolute atomic E-state index is 0.0894. The molecule has 11 nitrogen and oxygen atoms in total. The van der Waals surface area contributed by atoms with Crippen molar-refractivity contribution in [3.63, 3.8) is 0 Å². The van der Waals surface area contributed by atoms with Crippen LogP contribution in [0.4, 0.5) is 5.69 Å². The van der Waals surface area contributed by atoms with E-state index < -0.39 is 29.4 Å². The summed E-state index contributed by atoms with van der Waals surface area (Å²) in [6, 6.07) is 11.3. The molecule has 0 saturated carbocycles. The summed E-state index contributed by atoms with van der Waals surface area (Å²) in [5, 5.41) is 16.7. The predicted molar refractivity (Wildman–Crippen MR) is 118 cm³/mol. The first-order chi connectivity index (χ1) is 16.4. The molecule has 0 fully saturated rings. The van der Waals surface area contributed by atoms with Crippen LogP contribution in [0.2, 0.25) is 0 Å². The lowest BCUT2D eigenvalue weighted by atomic mass is 10.0. The normalized spacial score (nSPS) is 15.1. The summed E-state index contributed by atoms with van der Waals surface area (Å²) in [4.78, 5) is 39.6. The van der Waals surface area contributed by atoms with Crippen LogP contribution in [0.3, 0.4) is 0 Å². The third kappa shape index (κ3) is 4.63. The van der Waals surface area contributed by atoms with E-state index in [4.69, 9.17) is 13.9 Å². The van der Waals surface area contributed by atoms with Crippen LogP contribution in [0.25, 0.3) is 0 Å². The molecular formula is C23H20N4O7. The van der Waals surface area contributed by atoms with Gasteiger partial charge in [-0.05, 0) is 48.9 Å². The molecule has 0 unspecified atom stereocenters. The maximum atomic E-state index is 13.0. The molecule has 11 heteroatoms. The molecule has 1 amide bonds. The Bertz CT molecular complexity index is 1250. The van der Waals surface area contributed by atoms with Crippen molar-refractivity contribution in [3.8, 4) is 5.75 Å². The van der Waals surface area contributed by atoms with E-state index in [0.29, 0.717) is 23.6 Å². The average Bonchev–Trinajstić information content (AvgIpc) is 3.52. The molecule has 34 heavy (non-hydrogen) atoms. The number of furan rings is 1. The van der Waals surface area contributed by atoms with Gasteiger partial charge in [0.2, 0.25) is 0 Å². The molecule has 0 bridgehead atoms. The van der Waals surface area contributed by atoms with Crippen molar-refractivity contribution in [2.45, 2.75) is 19.4 Å².